The lowest BCUT2D eigenvalue weighted by Gasteiger charge is -2.13. The molecule has 0 unspecified atom stereocenters. The minimum Gasteiger partial charge on any atom is -0.457 e. The maximum atomic E-state index is 12.6. The summed E-state index contributed by atoms with van der Waals surface area (Å²) in [7, 11) is 0. The van der Waals surface area contributed by atoms with Crippen LogP contribution in [0.5, 0.6) is 0 Å². The highest BCUT2D eigenvalue weighted by atomic mass is 16.6. The van der Waals surface area contributed by atoms with Crippen molar-refractivity contribution in [3.8, 4) is 0 Å². The van der Waals surface area contributed by atoms with Gasteiger partial charge in [-0.25, -0.2) is 15.2 Å². The van der Waals surface area contributed by atoms with Gasteiger partial charge in [0, 0.05) is 22.9 Å². The first-order valence-electron chi connectivity index (χ1n) is 10.0. The van der Waals surface area contributed by atoms with Crippen LogP contribution in [0.15, 0.2) is 45.9 Å². The smallest absolute Gasteiger partial charge is 0.374 e. The molecule has 0 bridgehead atoms. The number of hydrazone groups is 1. The van der Waals surface area contributed by atoms with Crippen molar-refractivity contribution in [3.63, 3.8) is 0 Å². The highest BCUT2D eigenvalue weighted by molar-refractivity contribution is 6.06. The molecule has 0 saturated heterocycles. The summed E-state index contributed by atoms with van der Waals surface area (Å²) >= 11 is 0. The molecule has 0 fully saturated rings. The third kappa shape index (κ3) is 3.83. The van der Waals surface area contributed by atoms with E-state index in [4.69, 9.17) is 9.15 Å². The largest absolute Gasteiger partial charge is 0.457 e. The first kappa shape index (κ1) is 19.8. The van der Waals surface area contributed by atoms with Crippen molar-refractivity contribution >= 4 is 28.5 Å². The Labute approximate surface area is 174 Å². The second-order valence-corrected chi connectivity index (χ2v) is 7.55. The highest BCUT2D eigenvalue weighted by Crippen LogP contribution is 2.30. The van der Waals surface area contributed by atoms with Crippen LogP contribution in [0.25, 0.3) is 10.9 Å². The molecule has 1 N–H and O–H groups in total. The summed E-state index contributed by atoms with van der Waals surface area (Å²) in [5.41, 5.74) is 5.80. The van der Waals surface area contributed by atoms with Crippen LogP contribution < -0.4 is 5.43 Å². The monoisotopic (exact) mass is 405 g/mol. The Morgan fingerprint density at radius 3 is 2.77 bits per heavy atom. The zero-order chi connectivity index (χ0) is 21.3. The zero-order valence-corrected chi connectivity index (χ0v) is 17.2. The molecule has 7 heteroatoms. The molecule has 1 amide bonds. The van der Waals surface area contributed by atoms with Gasteiger partial charge in [0.2, 0.25) is 5.76 Å². The van der Waals surface area contributed by atoms with Crippen molar-refractivity contribution < 1.29 is 18.7 Å². The van der Waals surface area contributed by atoms with Crippen LogP contribution in [-0.2, 0) is 11.2 Å². The van der Waals surface area contributed by atoms with Crippen molar-refractivity contribution in [1.29, 1.82) is 0 Å². The van der Waals surface area contributed by atoms with Crippen molar-refractivity contribution in [2.75, 3.05) is 0 Å². The standard InChI is InChI=1S/C23H23N3O4/c1-13(2)29-23(28)21-14(3)20-17(9-6-10-19(20)30-21)25-26-22(27)18-12-11-15-7-4-5-8-16(15)24-18/h4-5,7-8,11-13H,6,9-10H2,1-3H3,(H,26,27)/b25-17+. The summed E-state index contributed by atoms with van der Waals surface area (Å²) in [5.74, 6) is 0.0266. The van der Waals surface area contributed by atoms with Crippen LogP contribution in [0.4, 0.5) is 0 Å². The number of carbonyl (C=O) groups excluding carboxylic acids is 2. The summed E-state index contributed by atoms with van der Waals surface area (Å²) < 4.78 is 11.1. The van der Waals surface area contributed by atoms with Crippen LogP contribution >= 0.6 is 0 Å². The first-order chi connectivity index (χ1) is 14.4. The van der Waals surface area contributed by atoms with Crippen molar-refractivity contribution in [2.45, 2.75) is 46.1 Å². The number of nitrogens with one attached hydrogen (secondary N) is 1. The van der Waals surface area contributed by atoms with E-state index in [1.54, 1.807) is 19.9 Å². The van der Waals surface area contributed by atoms with Crippen LogP contribution in [0.3, 0.4) is 0 Å². The number of fused-ring (bicyclic) bond motifs is 2. The molecule has 0 radical (unpaired) electrons. The van der Waals surface area contributed by atoms with Crippen LogP contribution in [0.1, 0.15) is 64.6 Å². The average molecular weight is 405 g/mol. The Morgan fingerprint density at radius 1 is 1.17 bits per heavy atom. The number of benzene rings is 1. The number of para-hydroxylation sites is 1. The normalized spacial score (nSPS) is 14.7. The van der Waals surface area contributed by atoms with Gasteiger partial charge in [-0.2, -0.15) is 5.10 Å². The number of pyridine rings is 1. The lowest BCUT2D eigenvalue weighted by Crippen LogP contribution is -2.23. The molecule has 0 aliphatic heterocycles. The molecule has 7 nitrogen and oxygen atoms in total. The number of furan rings is 1. The molecule has 2 heterocycles. The predicted octanol–water partition coefficient (Wildman–Crippen LogP) is 4.17. The van der Waals surface area contributed by atoms with Gasteiger partial charge in [0.25, 0.3) is 5.91 Å². The zero-order valence-electron chi connectivity index (χ0n) is 17.2. The van der Waals surface area contributed by atoms with E-state index in [1.807, 2.05) is 37.3 Å². The number of hydrogen-bond acceptors (Lipinski definition) is 6. The summed E-state index contributed by atoms with van der Waals surface area (Å²) in [6.07, 6.45) is 1.98. The van der Waals surface area contributed by atoms with Gasteiger partial charge in [0.05, 0.1) is 17.3 Å². The van der Waals surface area contributed by atoms with Crippen LogP contribution in [-0.4, -0.2) is 28.7 Å². The van der Waals surface area contributed by atoms with Crippen LogP contribution in [0.2, 0.25) is 0 Å². The number of aryl methyl sites for hydroxylation is 1. The number of nitrogens with zero attached hydrogens (tertiary/aromatic N) is 2. The molecule has 3 aromatic rings. The van der Waals surface area contributed by atoms with Gasteiger partial charge in [-0.1, -0.05) is 24.3 Å². The molecule has 0 atom stereocenters. The average Bonchev–Trinajstić information content (AvgIpc) is 3.08. The summed E-state index contributed by atoms with van der Waals surface area (Å²) in [6.45, 7) is 5.39. The molecular formula is C23H23N3O4. The molecular weight excluding hydrogens is 382 g/mol. The van der Waals surface area contributed by atoms with Gasteiger partial charge in [0.15, 0.2) is 0 Å². The van der Waals surface area contributed by atoms with Crippen molar-refractivity contribution in [2.24, 2.45) is 5.10 Å². The number of rotatable bonds is 4. The molecule has 0 spiro atoms. The van der Waals surface area contributed by atoms with E-state index >= 15 is 0 Å². The topological polar surface area (TPSA) is 93.8 Å². The fraction of sp³-hybridized carbons (Fsp3) is 0.304. The van der Waals surface area contributed by atoms with E-state index in [0.717, 1.165) is 22.9 Å². The Morgan fingerprint density at radius 2 is 1.97 bits per heavy atom. The quantitative estimate of drug-likeness (QED) is 0.519. The van der Waals surface area contributed by atoms with Gasteiger partial charge >= 0.3 is 5.97 Å². The lowest BCUT2D eigenvalue weighted by molar-refractivity contribution is 0.0338. The van der Waals surface area contributed by atoms with E-state index in [2.05, 4.69) is 15.5 Å². The SMILES string of the molecule is Cc1c(C(=O)OC(C)C)oc2c1/C(=N/NC(=O)c1ccc3ccccc3n1)CCC2. The molecule has 2 aromatic heterocycles. The Balaban J connectivity index is 1.58. The van der Waals surface area contributed by atoms with E-state index in [0.29, 0.717) is 35.6 Å². The Kier molecular flexibility index (Phi) is 5.35. The van der Waals surface area contributed by atoms with E-state index in [-0.39, 0.29) is 17.8 Å². The molecule has 0 saturated carbocycles. The number of amides is 1. The highest BCUT2D eigenvalue weighted by Gasteiger charge is 2.29. The summed E-state index contributed by atoms with van der Waals surface area (Å²) in [4.78, 5) is 29.3. The number of aromatic nitrogens is 1. The number of esters is 1. The fourth-order valence-electron chi connectivity index (χ4n) is 3.61. The molecule has 1 aliphatic rings. The van der Waals surface area contributed by atoms with Gasteiger partial charge in [-0.15, -0.1) is 0 Å². The number of ether oxygens (including phenoxy) is 1. The number of hydrogen-bond donors (Lipinski definition) is 1. The summed E-state index contributed by atoms with van der Waals surface area (Å²) in [5, 5.41) is 5.31. The third-order valence-electron chi connectivity index (χ3n) is 4.98. The first-order valence-corrected chi connectivity index (χ1v) is 10.0. The third-order valence-corrected chi connectivity index (χ3v) is 4.98. The molecule has 30 heavy (non-hydrogen) atoms. The maximum Gasteiger partial charge on any atom is 0.374 e. The van der Waals surface area contributed by atoms with E-state index < -0.39 is 5.97 Å². The van der Waals surface area contributed by atoms with Gasteiger partial charge in [-0.05, 0) is 45.7 Å². The second-order valence-electron chi connectivity index (χ2n) is 7.55. The lowest BCUT2D eigenvalue weighted by atomic mass is 9.93. The summed E-state index contributed by atoms with van der Waals surface area (Å²) in [6, 6.07) is 11.1. The molecule has 4 rings (SSSR count). The van der Waals surface area contributed by atoms with E-state index in [1.165, 1.54) is 0 Å². The van der Waals surface area contributed by atoms with Gasteiger partial charge < -0.3 is 9.15 Å². The van der Waals surface area contributed by atoms with Crippen LogP contribution in [0, 0.1) is 6.92 Å². The second kappa shape index (κ2) is 8.10. The maximum absolute atomic E-state index is 12.6. The Bertz CT molecular complexity index is 1160. The molecule has 1 aromatic carbocycles. The molecule has 154 valence electrons. The minimum absolute atomic E-state index is 0.200. The fourth-order valence-corrected chi connectivity index (χ4v) is 3.61. The van der Waals surface area contributed by atoms with Gasteiger partial charge in [0.1, 0.15) is 11.5 Å². The van der Waals surface area contributed by atoms with Crippen molar-refractivity contribution in [3.05, 3.63) is 64.7 Å². The van der Waals surface area contributed by atoms with Crippen molar-refractivity contribution in [1.82, 2.24) is 10.4 Å². The van der Waals surface area contributed by atoms with E-state index in [9.17, 15) is 9.59 Å². The molecule has 1 aliphatic carbocycles. The van der Waals surface area contributed by atoms with Gasteiger partial charge in [-0.3, -0.25) is 4.79 Å². The predicted molar refractivity (Wildman–Crippen MR) is 113 cm³/mol. The number of carbonyl (C=O) groups is 2. The Hall–Kier alpha value is -3.48. The minimum atomic E-state index is -0.486.